The maximum Gasteiger partial charge on any atom is 0.0724 e. The molecule has 1 aromatic carbocycles. The van der Waals surface area contributed by atoms with Gasteiger partial charge in [0.05, 0.1) is 12.7 Å². The van der Waals surface area contributed by atoms with Crippen LogP contribution in [0.25, 0.3) is 0 Å². The molecule has 0 bridgehead atoms. The van der Waals surface area contributed by atoms with E-state index >= 15 is 0 Å². The number of alkyl halides is 1. The van der Waals surface area contributed by atoms with E-state index in [1.807, 2.05) is 0 Å². The summed E-state index contributed by atoms with van der Waals surface area (Å²) in [5.41, 5.74) is 3.12. The Bertz CT molecular complexity index is 439. The maximum atomic E-state index is 6.35. The molecule has 0 spiro atoms. The van der Waals surface area contributed by atoms with Gasteiger partial charge in [0.1, 0.15) is 0 Å². The van der Waals surface area contributed by atoms with Crippen molar-refractivity contribution in [1.29, 1.82) is 0 Å². The predicted molar refractivity (Wildman–Crippen MR) is 87.8 cm³/mol. The van der Waals surface area contributed by atoms with Gasteiger partial charge in [0.15, 0.2) is 0 Å². The number of hydrogen-bond acceptors (Lipinski definition) is 1. The monoisotopic (exact) mass is 370 g/mol. The lowest BCUT2D eigenvalue weighted by Gasteiger charge is -2.46. The van der Waals surface area contributed by atoms with Crippen LogP contribution in [-0.2, 0) is 16.8 Å². The van der Waals surface area contributed by atoms with E-state index in [9.17, 15) is 0 Å². The van der Waals surface area contributed by atoms with Crippen molar-refractivity contribution in [2.75, 3.05) is 4.43 Å². The second-order valence-electron chi connectivity index (χ2n) is 6.34. The Morgan fingerprint density at radius 2 is 1.95 bits per heavy atom. The van der Waals surface area contributed by atoms with Crippen molar-refractivity contribution >= 4 is 22.6 Å². The van der Waals surface area contributed by atoms with Gasteiger partial charge in [-0.15, -0.1) is 0 Å². The zero-order valence-corrected chi connectivity index (χ0v) is 13.9. The molecule has 1 heterocycles. The van der Waals surface area contributed by atoms with Gasteiger partial charge >= 0.3 is 0 Å². The van der Waals surface area contributed by atoms with E-state index in [0.717, 1.165) is 17.0 Å². The van der Waals surface area contributed by atoms with E-state index in [0.29, 0.717) is 6.10 Å². The Morgan fingerprint density at radius 3 is 2.68 bits per heavy atom. The van der Waals surface area contributed by atoms with Crippen molar-refractivity contribution in [3.8, 4) is 0 Å². The van der Waals surface area contributed by atoms with Crippen molar-refractivity contribution in [1.82, 2.24) is 0 Å². The fourth-order valence-corrected chi connectivity index (χ4v) is 4.81. The van der Waals surface area contributed by atoms with Crippen LogP contribution in [0.5, 0.6) is 0 Å². The van der Waals surface area contributed by atoms with Crippen LogP contribution in [0.4, 0.5) is 0 Å². The first-order chi connectivity index (χ1) is 9.25. The average molecular weight is 370 g/mol. The molecule has 1 aliphatic heterocycles. The summed E-state index contributed by atoms with van der Waals surface area (Å²) < 4.78 is 7.49. The molecule has 0 radical (unpaired) electrons. The van der Waals surface area contributed by atoms with Crippen LogP contribution in [-0.4, -0.2) is 10.5 Å². The number of benzene rings is 1. The zero-order valence-electron chi connectivity index (χ0n) is 11.7. The molecule has 2 aliphatic rings. The molecular weight excluding hydrogens is 347 g/mol. The van der Waals surface area contributed by atoms with Gasteiger partial charge < -0.3 is 4.74 Å². The fourth-order valence-electron chi connectivity index (χ4n) is 3.96. The minimum atomic E-state index is 0.192. The van der Waals surface area contributed by atoms with Gasteiger partial charge in [0.2, 0.25) is 0 Å². The number of ether oxygens (including phenoxy) is 1. The highest BCUT2D eigenvalue weighted by Gasteiger charge is 2.44. The summed E-state index contributed by atoms with van der Waals surface area (Å²) in [5.74, 6) is 0.766. The lowest BCUT2D eigenvalue weighted by molar-refractivity contribution is -0.0627. The third kappa shape index (κ3) is 2.46. The van der Waals surface area contributed by atoms with E-state index in [-0.39, 0.29) is 5.41 Å². The van der Waals surface area contributed by atoms with Gasteiger partial charge in [-0.05, 0) is 29.9 Å². The molecule has 0 amide bonds. The summed E-state index contributed by atoms with van der Waals surface area (Å²) in [6.45, 7) is 3.22. The molecule has 19 heavy (non-hydrogen) atoms. The standard InChI is InChI=1S/C17H23IO/c1-17(12-18)15-10-6-5-9-14(15)11-19-16(17)13-7-3-2-4-8-13/h5-6,9-10,13,16H,2-4,7-8,11-12H2,1H3/t16-,17-/m0/s1. The van der Waals surface area contributed by atoms with E-state index in [1.54, 1.807) is 0 Å². The molecule has 1 saturated carbocycles. The summed E-state index contributed by atoms with van der Waals surface area (Å²) in [5, 5.41) is 0. The normalized spacial score (nSPS) is 32.0. The van der Waals surface area contributed by atoms with Crippen LogP contribution in [0.2, 0.25) is 0 Å². The maximum absolute atomic E-state index is 6.35. The summed E-state index contributed by atoms with van der Waals surface area (Å²) >= 11 is 2.55. The van der Waals surface area contributed by atoms with Crippen LogP contribution < -0.4 is 0 Å². The third-order valence-electron chi connectivity index (χ3n) is 5.03. The molecule has 0 N–H and O–H groups in total. The van der Waals surface area contributed by atoms with Crippen molar-refractivity contribution in [3.63, 3.8) is 0 Å². The third-order valence-corrected chi connectivity index (χ3v) is 6.62. The molecule has 0 saturated heterocycles. The first-order valence-corrected chi connectivity index (χ1v) is 9.04. The van der Waals surface area contributed by atoms with E-state index in [1.165, 1.54) is 43.2 Å². The van der Waals surface area contributed by atoms with Gasteiger partial charge in [-0.25, -0.2) is 0 Å². The molecule has 1 fully saturated rings. The van der Waals surface area contributed by atoms with E-state index < -0.39 is 0 Å². The Labute approximate surface area is 130 Å². The summed E-state index contributed by atoms with van der Waals surface area (Å²) in [6.07, 6.45) is 7.34. The second kappa shape index (κ2) is 5.72. The van der Waals surface area contributed by atoms with Crippen LogP contribution in [0.3, 0.4) is 0 Å². The number of halogens is 1. The van der Waals surface area contributed by atoms with Gasteiger partial charge in [-0.3, -0.25) is 0 Å². The number of rotatable bonds is 2. The predicted octanol–water partition coefficient (Wildman–Crippen LogP) is 4.86. The quantitative estimate of drug-likeness (QED) is 0.534. The highest BCUT2D eigenvalue weighted by Crippen LogP contribution is 2.44. The van der Waals surface area contributed by atoms with Gasteiger partial charge in [-0.2, -0.15) is 0 Å². The minimum absolute atomic E-state index is 0.192. The van der Waals surface area contributed by atoms with Crippen molar-refractivity contribution < 1.29 is 4.74 Å². The molecule has 0 aromatic heterocycles. The molecule has 1 aliphatic carbocycles. The molecule has 0 unspecified atom stereocenters. The van der Waals surface area contributed by atoms with Gasteiger partial charge in [0, 0.05) is 9.84 Å². The van der Waals surface area contributed by atoms with Crippen molar-refractivity contribution in [3.05, 3.63) is 35.4 Å². The minimum Gasteiger partial charge on any atom is -0.372 e. The average Bonchev–Trinajstić information content (AvgIpc) is 2.49. The fraction of sp³-hybridized carbons (Fsp3) is 0.647. The first kappa shape index (κ1) is 13.9. The molecule has 1 aromatic rings. The Hall–Kier alpha value is -0.0900. The molecule has 104 valence electrons. The summed E-state index contributed by atoms with van der Waals surface area (Å²) in [4.78, 5) is 0. The Morgan fingerprint density at radius 1 is 1.21 bits per heavy atom. The molecular formula is C17H23IO. The Balaban J connectivity index is 1.94. The van der Waals surface area contributed by atoms with E-state index in [4.69, 9.17) is 4.74 Å². The molecule has 2 atom stereocenters. The molecule has 3 rings (SSSR count). The van der Waals surface area contributed by atoms with Crippen LogP contribution in [0, 0.1) is 5.92 Å². The van der Waals surface area contributed by atoms with Crippen molar-refractivity contribution in [2.45, 2.75) is 57.2 Å². The topological polar surface area (TPSA) is 9.23 Å². The van der Waals surface area contributed by atoms with Crippen LogP contribution in [0.1, 0.15) is 50.2 Å². The largest absolute Gasteiger partial charge is 0.372 e. The molecule has 2 heteroatoms. The number of hydrogen-bond donors (Lipinski definition) is 0. The second-order valence-corrected chi connectivity index (χ2v) is 7.10. The highest BCUT2D eigenvalue weighted by atomic mass is 127. The first-order valence-electron chi connectivity index (χ1n) is 7.51. The van der Waals surface area contributed by atoms with Gasteiger partial charge in [-0.1, -0.05) is 73.0 Å². The highest BCUT2D eigenvalue weighted by molar-refractivity contribution is 14.1. The zero-order chi connectivity index (χ0) is 13.3. The Kier molecular flexibility index (Phi) is 4.18. The lowest BCUT2D eigenvalue weighted by Crippen LogP contribution is -2.48. The lowest BCUT2D eigenvalue weighted by atomic mass is 9.68. The van der Waals surface area contributed by atoms with Crippen molar-refractivity contribution in [2.24, 2.45) is 5.92 Å². The number of fused-ring (bicyclic) bond motifs is 1. The van der Waals surface area contributed by atoms with Crippen LogP contribution in [0.15, 0.2) is 24.3 Å². The molecule has 1 nitrogen and oxygen atoms in total. The van der Waals surface area contributed by atoms with E-state index in [2.05, 4.69) is 53.8 Å². The smallest absolute Gasteiger partial charge is 0.0724 e. The van der Waals surface area contributed by atoms with Gasteiger partial charge in [0.25, 0.3) is 0 Å². The van der Waals surface area contributed by atoms with Crippen LogP contribution >= 0.6 is 22.6 Å². The summed E-state index contributed by atoms with van der Waals surface area (Å²) in [7, 11) is 0. The SMILES string of the molecule is C[C@]1(CI)c2ccccc2CO[C@H]1C1CCCCC1. The summed E-state index contributed by atoms with van der Waals surface area (Å²) in [6, 6.07) is 8.88.